The summed E-state index contributed by atoms with van der Waals surface area (Å²) in [6.07, 6.45) is 2.65. The first kappa shape index (κ1) is 11.0. The molecule has 3 heteroatoms. The van der Waals surface area contributed by atoms with Crippen molar-refractivity contribution in [3.63, 3.8) is 0 Å². The second-order valence-corrected chi connectivity index (χ2v) is 4.04. The van der Waals surface area contributed by atoms with E-state index in [9.17, 15) is 0 Å². The van der Waals surface area contributed by atoms with E-state index in [4.69, 9.17) is 4.74 Å². The lowest BCUT2D eigenvalue weighted by atomic mass is 10.2. The fraction of sp³-hybridized carbons (Fsp3) is 1.00. The van der Waals surface area contributed by atoms with Gasteiger partial charge in [-0.2, -0.15) is 0 Å². The molecular weight excluding hydrogens is 164 g/mol. The highest BCUT2D eigenvalue weighted by Gasteiger charge is 2.18. The average Bonchev–Trinajstić information content (AvgIpc) is 2.57. The Bertz CT molecular complexity index is 135. The molecule has 0 saturated carbocycles. The Morgan fingerprint density at radius 1 is 1.62 bits per heavy atom. The van der Waals surface area contributed by atoms with E-state index in [1.807, 2.05) is 0 Å². The van der Waals surface area contributed by atoms with E-state index in [0.717, 1.165) is 13.2 Å². The second kappa shape index (κ2) is 5.58. The highest BCUT2D eigenvalue weighted by molar-refractivity contribution is 4.78. The van der Waals surface area contributed by atoms with Gasteiger partial charge in [-0.25, -0.2) is 0 Å². The SMILES string of the molecule is COCC(C)N(C)C[C@H]1CCCN1. The van der Waals surface area contributed by atoms with Gasteiger partial charge in [0.05, 0.1) is 6.61 Å². The van der Waals surface area contributed by atoms with E-state index >= 15 is 0 Å². The fourth-order valence-electron chi connectivity index (χ4n) is 1.81. The first-order valence-electron chi connectivity index (χ1n) is 5.16. The molecule has 1 heterocycles. The van der Waals surface area contributed by atoms with Crippen molar-refractivity contribution in [2.45, 2.75) is 31.8 Å². The van der Waals surface area contributed by atoms with E-state index in [0.29, 0.717) is 12.1 Å². The van der Waals surface area contributed by atoms with Crippen molar-refractivity contribution in [3.05, 3.63) is 0 Å². The minimum Gasteiger partial charge on any atom is -0.383 e. The van der Waals surface area contributed by atoms with Crippen LogP contribution in [0.5, 0.6) is 0 Å². The van der Waals surface area contributed by atoms with Crippen molar-refractivity contribution in [2.24, 2.45) is 0 Å². The van der Waals surface area contributed by atoms with Crippen LogP contribution in [-0.2, 0) is 4.74 Å². The smallest absolute Gasteiger partial charge is 0.0615 e. The van der Waals surface area contributed by atoms with E-state index in [1.54, 1.807) is 7.11 Å². The number of hydrogen-bond donors (Lipinski definition) is 1. The first-order chi connectivity index (χ1) is 6.24. The summed E-state index contributed by atoms with van der Waals surface area (Å²) in [5.74, 6) is 0. The van der Waals surface area contributed by atoms with Gasteiger partial charge in [0.1, 0.15) is 0 Å². The zero-order valence-electron chi connectivity index (χ0n) is 9.05. The van der Waals surface area contributed by atoms with Gasteiger partial charge in [0.2, 0.25) is 0 Å². The Kier molecular flexibility index (Phi) is 4.70. The topological polar surface area (TPSA) is 24.5 Å². The van der Waals surface area contributed by atoms with Gasteiger partial charge >= 0.3 is 0 Å². The minimum atomic E-state index is 0.521. The Morgan fingerprint density at radius 3 is 2.92 bits per heavy atom. The summed E-state index contributed by atoms with van der Waals surface area (Å²) in [6, 6.07) is 1.22. The Balaban J connectivity index is 2.18. The summed E-state index contributed by atoms with van der Waals surface area (Å²) in [5, 5.41) is 3.50. The summed E-state index contributed by atoms with van der Waals surface area (Å²) in [6.45, 7) is 5.36. The van der Waals surface area contributed by atoms with Crippen LogP contribution < -0.4 is 5.32 Å². The summed E-state index contributed by atoms with van der Waals surface area (Å²) < 4.78 is 5.13. The molecule has 0 aromatic rings. The van der Waals surface area contributed by atoms with Crippen molar-refractivity contribution in [1.29, 1.82) is 0 Å². The van der Waals surface area contributed by atoms with Gasteiger partial charge < -0.3 is 10.1 Å². The zero-order chi connectivity index (χ0) is 9.68. The van der Waals surface area contributed by atoms with Crippen molar-refractivity contribution < 1.29 is 4.74 Å². The van der Waals surface area contributed by atoms with Gasteiger partial charge in [-0.1, -0.05) is 0 Å². The maximum atomic E-state index is 5.13. The third kappa shape index (κ3) is 3.63. The quantitative estimate of drug-likeness (QED) is 0.684. The number of likely N-dealkylation sites (N-methyl/N-ethyl adjacent to an activating group) is 1. The molecule has 0 spiro atoms. The molecule has 0 amide bonds. The molecule has 0 bridgehead atoms. The Hall–Kier alpha value is -0.120. The highest BCUT2D eigenvalue weighted by Crippen LogP contribution is 2.07. The second-order valence-electron chi connectivity index (χ2n) is 4.04. The van der Waals surface area contributed by atoms with Crippen LogP contribution in [-0.4, -0.2) is 50.8 Å². The van der Waals surface area contributed by atoms with Crippen LogP contribution in [0.15, 0.2) is 0 Å². The first-order valence-corrected chi connectivity index (χ1v) is 5.16. The summed E-state index contributed by atoms with van der Waals surface area (Å²) in [7, 11) is 3.93. The maximum Gasteiger partial charge on any atom is 0.0615 e. The number of nitrogens with zero attached hydrogens (tertiary/aromatic N) is 1. The maximum absolute atomic E-state index is 5.13. The molecule has 0 radical (unpaired) electrons. The summed E-state index contributed by atoms with van der Waals surface area (Å²) in [4.78, 5) is 2.37. The monoisotopic (exact) mass is 186 g/mol. The van der Waals surface area contributed by atoms with Crippen LogP contribution in [0.1, 0.15) is 19.8 Å². The van der Waals surface area contributed by atoms with Crippen LogP contribution in [0.2, 0.25) is 0 Å². The van der Waals surface area contributed by atoms with Crippen LogP contribution in [0.3, 0.4) is 0 Å². The van der Waals surface area contributed by atoms with Crippen LogP contribution in [0.25, 0.3) is 0 Å². The van der Waals surface area contributed by atoms with Gasteiger partial charge in [0.25, 0.3) is 0 Å². The molecule has 13 heavy (non-hydrogen) atoms. The molecule has 3 nitrogen and oxygen atoms in total. The lowest BCUT2D eigenvalue weighted by Gasteiger charge is -2.26. The zero-order valence-corrected chi connectivity index (χ0v) is 9.05. The van der Waals surface area contributed by atoms with E-state index in [2.05, 4.69) is 24.2 Å². The largest absolute Gasteiger partial charge is 0.383 e. The fourth-order valence-corrected chi connectivity index (χ4v) is 1.81. The molecule has 1 aliphatic heterocycles. The minimum absolute atomic E-state index is 0.521. The number of rotatable bonds is 5. The molecule has 0 aliphatic carbocycles. The van der Waals surface area contributed by atoms with Gasteiger partial charge in [0, 0.05) is 25.7 Å². The van der Waals surface area contributed by atoms with Crippen molar-refractivity contribution >= 4 is 0 Å². The van der Waals surface area contributed by atoms with Crippen LogP contribution in [0, 0.1) is 0 Å². The number of nitrogens with one attached hydrogen (secondary N) is 1. The van der Waals surface area contributed by atoms with Crippen molar-refractivity contribution in [2.75, 3.05) is 33.9 Å². The predicted molar refractivity (Wildman–Crippen MR) is 55.0 cm³/mol. The molecular formula is C10H22N2O. The van der Waals surface area contributed by atoms with Crippen molar-refractivity contribution in [3.8, 4) is 0 Å². The molecule has 2 atom stereocenters. The van der Waals surface area contributed by atoms with Gasteiger partial charge in [-0.15, -0.1) is 0 Å². The highest BCUT2D eigenvalue weighted by atomic mass is 16.5. The Morgan fingerprint density at radius 2 is 2.38 bits per heavy atom. The number of ether oxygens (including phenoxy) is 1. The molecule has 0 aromatic carbocycles. The molecule has 78 valence electrons. The molecule has 0 aromatic heterocycles. The van der Waals surface area contributed by atoms with Crippen LogP contribution in [0.4, 0.5) is 0 Å². The van der Waals surface area contributed by atoms with Gasteiger partial charge in [0.15, 0.2) is 0 Å². The lowest BCUT2D eigenvalue weighted by Crippen LogP contribution is -2.41. The van der Waals surface area contributed by atoms with E-state index in [1.165, 1.54) is 19.4 Å². The molecule has 1 fully saturated rings. The molecule has 1 saturated heterocycles. The average molecular weight is 186 g/mol. The molecule has 1 N–H and O–H groups in total. The van der Waals surface area contributed by atoms with Gasteiger partial charge in [-0.3, -0.25) is 4.90 Å². The molecule has 1 rings (SSSR count). The summed E-state index contributed by atoms with van der Waals surface area (Å²) in [5.41, 5.74) is 0. The van der Waals surface area contributed by atoms with E-state index in [-0.39, 0.29) is 0 Å². The third-order valence-electron chi connectivity index (χ3n) is 2.83. The normalized spacial score (nSPS) is 25.4. The standard InChI is InChI=1S/C10H22N2O/c1-9(8-13-3)12(2)7-10-5-4-6-11-10/h9-11H,4-8H2,1-3H3/t9?,10-/m1/s1. The number of hydrogen-bond acceptors (Lipinski definition) is 3. The third-order valence-corrected chi connectivity index (χ3v) is 2.83. The van der Waals surface area contributed by atoms with Crippen molar-refractivity contribution in [1.82, 2.24) is 10.2 Å². The predicted octanol–water partition coefficient (Wildman–Crippen LogP) is 0.705. The summed E-state index contributed by atoms with van der Waals surface area (Å²) >= 11 is 0. The number of methoxy groups -OCH3 is 1. The Labute approximate surface area is 81.4 Å². The van der Waals surface area contributed by atoms with Gasteiger partial charge in [-0.05, 0) is 33.4 Å². The van der Waals surface area contributed by atoms with Crippen LogP contribution >= 0.6 is 0 Å². The molecule has 1 unspecified atom stereocenters. The van der Waals surface area contributed by atoms with E-state index < -0.39 is 0 Å². The lowest BCUT2D eigenvalue weighted by molar-refractivity contribution is 0.111. The molecule has 1 aliphatic rings.